The highest BCUT2D eigenvalue weighted by Gasteiger charge is 2.22. The molecule has 0 aliphatic carbocycles. The first-order valence-electron chi connectivity index (χ1n) is 7.91. The second-order valence-corrected chi connectivity index (χ2v) is 5.68. The van der Waals surface area contributed by atoms with Gasteiger partial charge in [-0.05, 0) is 30.3 Å². The molecule has 1 aromatic carbocycles. The Labute approximate surface area is 145 Å². The van der Waals surface area contributed by atoms with Crippen molar-refractivity contribution >= 4 is 23.7 Å². The molecular weight excluding hydrogens is 318 g/mol. The van der Waals surface area contributed by atoms with E-state index < -0.39 is 0 Å². The summed E-state index contributed by atoms with van der Waals surface area (Å²) in [6, 6.07) is 12.7. The summed E-state index contributed by atoms with van der Waals surface area (Å²) in [5, 5.41) is 12.1. The van der Waals surface area contributed by atoms with Gasteiger partial charge in [-0.2, -0.15) is 5.26 Å². The van der Waals surface area contributed by atoms with Crippen molar-refractivity contribution in [1.29, 1.82) is 5.26 Å². The molecule has 0 unspecified atom stereocenters. The molecule has 7 heteroatoms. The standard InChI is InChI=1S/C18H17N5O2/c19-11-14-2-1-3-15(10-14)21-16-4-5-17(20-12-16)18(25)23-8-6-22(13-24)7-9-23/h1-5,10,12-13,21H,6-9H2. The maximum absolute atomic E-state index is 12.4. The Morgan fingerprint density at radius 1 is 1.16 bits per heavy atom. The number of carbonyl (C=O) groups excluding carboxylic acids is 2. The Morgan fingerprint density at radius 3 is 2.60 bits per heavy atom. The third-order valence-electron chi connectivity index (χ3n) is 4.01. The summed E-state index contributed by atoms with van der Waals surface area (Å²) in [5.74, 6) is -0.136. The minimum absolute atomic E-state index is 0.136. The van der Waals surface area contributed by atoms with E-state index in [0.717, 1.165) is 17.8 Å². The molecule has 1 N–H and O–H groups in total. The predicted molar refractivity (Wildman–Crippen MR) is 92.2 cm³/mol. The van der Waals surface area contributed by atoms with E-state index in [-0.39, 0.29) is 5.91 Å². The zero-order valence-electron chi connectivity index (χ0n) is 13.6. The fourth-order valence-corrected chi connectivity index (χ4v) is 2.62. The molecule has 1 aromatic heterocycles. The van der Waals surface area contributed by atoms with Gasteiger partial charge in [0.25, 0.3) is 5.91 Å². The number of amides is 2. The molecule has 126 valence electrons. The lowest BCUT2D eigenvalue weighted by molar-refractivity contribution is -0.119. The quantitative estimate of drug-likeness (QED) is 0.858. The summed E-state index contributed by atoms with van der Waals surface area (Å²) in [5.41, 5.74) is 2.46. The van der Waals surface area contributed by atoms with Crippen molar-refractivity contribution < 1.29 is 9.59 Å². The number of nitrogens with one attached hydrogen (secondary N) is 1. The van der Waals surface area contributed by atoms with E-state index in [0.29, 0.717) is 37.4 Å². The Bertz CT molecular complexity index is 805. The number of benzene rings is 1. The summed E-state index contributed by atoms with van der Waals surface area (Å²) in [6.07, 6.45) is 2.40. The number of nitriles is 1. The fraction of sp³-hybridized carbons (Fsp3) is 0.222. The van der Waals surface area contributed by atoms with Crippen molar-refractivity contribution in [3.63, 3.8) is 0 Å². The summed E-state index contributed by atoms with van der Waals surface area (Å²) in [4.78, 5) is 30.8. The third kappa shape index (κ3) is 3.93. The van der Waals surface area contributed by atoms with Gasteiger partial charge in [0.15, 0.2) is 0 Å². The van der Waals surface area contributed by atoms with E-state index in [2.05, 4.69) is 16.4 Å². The minimum atomic E-state index is -0.136. The van der Waals surface area contributed by atoms with E-state index in [1.165, 1.54) is 0 Å². The average Bonchev–Trinajstić information content (AvgIpc) is 2.68. The van der Waals surface area contributed by atoms with Gasteiger partial charge in [-0.15, -0.1) is 0 Å². The molecule has 0 spiro atoms. The van der Waals surface area contributed by atoms with Crippen molar-refractivity contribution in [2.24, 2.45) is 0 Å². The van der Waals surface area contributed by atoms with Gasteiger partial charge < -0.3 is 15.1 Å². The van der Waals surface area contributed by atoms with Crippen LogP contribution in [0.25, 0.3) is 0 Å². The molecule has 2 amide bonds. The first-order chi connectivity index (χ1) is 12.2. The van der Waals surface area contributed by atoms with E-state index in [9.17, 15) is 9.59 Å². The van der Waals surface area contributed by atoms with Crippen LogP contribution in [0.4, 0.5) is 11.4 Å². The van der Waals surface area contributed by atoms with Crippen LogP contribution in [0.1, 0.15) is 16.1 Å². The van der Waals surface area contributed by atoms with Crippen LogP contribution < -0.4 is 5.32 Å². The average molecular weight is 335 g/mol. The van der Waals surface area contributed by atoms with E-state index >= 15 is 0 Å². The zero-order valence-corrected chi connectivity index (χ0v) is 13.6. The van der Waals surface area contributed by atoms with E-state index in [1.54, 1.807) is 46.3 Å². The van der Waals surface area contributed by atoms with Gasteiger partial charge in [-0.3, -0.25) is 9.59 Å². The lowest BCUT2D eigenvalue weighted by Crippen LogP contribution is -2.48. The topological polar surface area (TPSA) is 89.3 Å². The Kier molecular flexibility index (Phi) is 4.90. The molecule has 1 aliphatic rings. The number of hydrogen-bond acceptors (Lipinski definition) is 5. The van der Waals surface area contributed by atoms with Crippen LogP contribution in [0, 0.1) is 11.3 Å². The number of nitrogens with zero attached hydrogens (tertiary/aromatic N) is 4. The molecule has 3 rings (SSSR count). The highest BCUT2D eigenvalue weighted by molar-refractivity contribution is 5.92. The number of pyridine rings is 1. The van der Waals surface area contributed by atoms with Crippen molar-refractivity contribution in [2.45, 2.75) is 0 Å². The van der Waals surface area contributed by atoms with Gasteiger partial charge in [-0.25, -0.2) is 4.98 Å². The highest BCUT2D eigenvalue weighted by Crippen LogP contribution is 2.17. The summed E-state index contributed by atoms with van der Waals surface area (Å²) in [7, 11) is 0. The molecule has 1 saturated heterocycles. The van der Waals surface area contributed by atoms with E-state index in [1.807, 2.05) is 6.07 Å². The Morgan fingerprint density at radius 2 is 1.96 bits per heavy atom. The number of aromatic nitrogens is 1. The van der Waals surface area contributed by atoms with Gasteiger partial charge in [0.05, 0.1) is 23.5 Å². The molecule has 1 fully saturated rings. The first-order valence-corrected chi connectivity index (χ1v) is 7.91. The van der Waals surface area contributed by atoms with Crippen LogP contribution in [0.15, 0.2) is 42.6 Å². The van der Waals surface area contributed by atoms with Gasteiger partial charge in [0.1, 0.15) is 5.69 Å². The molecule has 2 heterocycles. The molecule has 1 aliphatic heterocycles. The molecule has 7 nitrogen and oxygen atoms in total. The van der Waals surface area contributed by atoms with Gasteiger partial charge >= 0.3 is 0 Å². The normalized spacial score (nSPS) is 13.9. The molecule has 2 aromatic rings. The monoisotopic (exact) mass is 335 g/mol. The molecule has 0 atom stereocenters. The number of hydrogen-bond donors (Lipinski definition) is 1. The SMILES string of the molecule is N#Cc1cccc(Nc2ccc(C(=O)N3CCN(C=O)CC3)nc2)c1. The number of piperazine rings is 1. The van der Waals surface area contributed by atoms with Crippen LogP contribution in [-0.2, 0) is 4.79 Å². The number of anilines is 2. The molecule has 0 bridgehead atoms. The molecule has 0 radical (unpaired) electrons. The Balaban J connectivity index is 1.64. The maximum Gasteiger partial charge on any atom is 0.272 e. The molecule has 0 saturated carbocycles. The number of carbonyl (C=O) groups is 2. The predicted octanol–water partition coefficient (Wildman–Crippen LogP) is 1.61. The minimum Gasteiger partial charge on any atom is -0.354 e. The molecular formula is C18H17N5O2. The van der Waals surface area contributed by atoms with Crippen molar-refractivity contribution in [3.8, 4) is 6.07 Å². The van der Waals surface area contributed by atoms with Crippen LogP contribution in [0.3, 0.4) is 0 Å². The summed E-state index contributed by atoms with van der Waals surface area (Å²) in [6.45, 7) is 2.12. The lowest BCUT2D eigenvalue weighted by atomic mass is 10.2. The van der Waals surface area contributed by atoms with Crippen LogP contribution in [-0.4, -0.2) is 53.3 Å². The van der Waals surface area contributed by atoms with Crippen molar-refractivity contribution in [2.75, 3.05) is 31.5 Å². The second kappa shape index (κ2) is 7.45. The maximum atomic E-state index is 12.4. The second-order valence-electron chi connectivity index (χ2n) is 5.68. The van der Waals surface area contributed by atoms with Crippen molar-refractivity contribution in [1.82, 2.24) is 14.8 Å². The van der Waals surface area contributed by atoms with Crippen LogP contribution in [0.2, 0.25) is 0 Å². The fourth-order valence-electron chi connectivity index (χ4n) is 2.62. The van der Waals surface area contributed by atoms with Gasteiger partial charge in [0.2, 0.25) is 6.41 Å². The zero-order chi connectivity index (χ0) is 17.6. The first kappa shape index (κ1) is 16.5. The van der Waals surface area contributed by atoms with E-state index in [4.69, 9.17) is 5.26 Å². The Hall–Kier alpha value is -3.40. The van der Waals surface area contributed by atoms with Gasteiger partial charge in [-0.1, -0.05) is 6.07 Å². The third-order valence-corrected chi connectivity index (χ3v) is 4.01. The number of rotatable bonds is 4. The highest BCUT2D eigenvalue weighted by atomic mass is 16.2. The van der Waals surface area contributed by atoms with Gasteiger partial charge in [0, 0.05) is 31.9 Å². The lowest BCUT2D eigenvalue weighted by Gasteiger charge is -2.32. The smallest absolute Gasteiger partial charge is 0.272 e. The summed E-state index contributed by atoms with van der Waals surface area (Å²) < 4.78 is 0. The largest absolute Gasteiger partial charge is 0.354 e. The van der Waals surface area contributed by atoms with Crippen LogP contribution in [0.5, 0.6) is 0 Å². The van der Waals surface area contributed by atoms with Crippen molar-refractivity contribution in [3.05, 3.63) is 53.9 Å². The van der Waals surface area contributed by atoms with Crippen LogP contribution >= 0.6 is 0 Å². The summed E-state index contributed by atoms with van der Waals surface area (Å²) >= 11 is 0. The molecule has 25 heavy (non-hydrogen) atoms.